The first-order valence-electron chi connectivity index (χ1n) is 6.13. The van der Waals surface area contributed by atoms with Crippen LogP contribution in [0.3, 0.4) is 0 Å². The van der Waals surface area contributed by atoms with Crippen LogP contribution in [0.15, 0.2) is 24.3 Å². The summed E-state index contributed by atoms with van der Waals surface area (Å²) in [6.07, 6.45) is 1.01. The number of benzene rings is 1. The monoisotopic (exact) mass is 294 g/mol. The van der Waals surface area contributed by atoms with Gasteiger partial charge in [-0.25, -0.2) is 0 Å². The van der Waals surface area contributed by atoms with Gasteiger partial charge in [-0.3, -0.25) is 10.1 Å². The first-order valence-corrected chi connectivity index (χ1v) is 6.90. The number of nitro groups is 1. The molecule has 0 aliphatic heterocycles. The van der Waals surface area contributed by atoms with Crippen molar-refractivity contribution in [3.63, 3.8) is 0 Å². The molecule has 1 heterocycles. The zero-order valence-corrected chi connectivity index (χ0v) is 11.7. The number of rotatable bonds is 7. The second-order valence-corrected chi connectivity index (χ2v) is 4.77. The van der Waals surface area contributed by atoms with Crippen molar-refractivity contribution in [1.29, 1.82) is 0 Å². The molecule has 0 amide bonds. The predicted octanol–water partition coefficient (Wildman–Crippen LogP) is 2.85. The molecule has 2 aromatic rings. The molecule has 0 unspecified atom stereocenters. The number of non-ortho nitro benzene ring substituents is 1. The van der Waals surface area contributed by atoms with Gasteiger partial charge in [0.05, 0.1) is 4.92 Å². The number of ether oxygens (including phenoxy) is 1. The number of anilines is 1. The molecule has 106 valence electrons. The molecule has 8 heteroatoms. The molecule has 0 saturated carbocycles. The van der Waals surface area contributed by atoms with Crippen LogP contribution in [0.2, 0.25) is 0 Å². The number of nitro benzene ring substituents is 1. The Labute approximate surface area is 119 Å². The molecule has 0 aliphatic carbocycles. The first kappa shape index (κ1) is 14.2. The highest BCUT2D eigenvalue weighted by Gasteiger charge is 2.09. The van der Waals surface area contributed by atoms with Crippen LogP contribution in [0.4, 0.5) is 10.7 Å². The number of aromatic nitrogens is 2. The molecular formula is C12H14N4O3S. The van der Waals surface area contributed by atoms with Crippen molar-refractivity contribution < 1.29 is 9.66 Å². The van der Waals surface area contributed by atoms with Gasteiger partial charge in [0.15, 0.2) is 0 Å². The van der Waals surface area contributed by atoms with E-state index in [-0.39, 0.29) is 12.3 Å². The maximum absolute atomic E-state index is 10.5. The third-order valence-electron chi connectivity index (χ3n) is 2.51. The highest BCUT2D eigenvalue weighted by Crippen LogP contribution is 2.21. The summed E-state index contributed by atoms with van der Waals surface area (Å²) in [5, 5.41) is 18.7. The Morgan fingerprint density at radius 3 is 2.80 bits per heavy atom. The van der Waals surface area contributed by atoms with Crippen molar-refractivity contribution in [3.8, 4) is 5.75 Å². The first-order chi connectivity index (χ1) is 9.70. The van der Waals surface area contributed by atoms with Crippen molar-refractivity contribution in [2.24, 2.45) is 0 Å². The summed E-state index contributed by atoms with van der Waals surface area (Å²) < 4.78 is 9.43. The molecule has 20 heavy (non-hydrogen) atoms. The van der Waals surface area contributed by atoms with Gasteiger partial charge in [0.2, 0.25) is 0 Å². The lowest BCUT2D eigenvalue weighted by Gasteiger charge is -2.06. The van der Waals surface area contributed by atoms with Gasteiger partial charge in [0.1, 0.15) is 23.1 Å². The maximum Gasteiger partial charge on any atom is 0.269 e. The quantitative estimate of drug-likeness (QED) is 0.623. The van der Waals surface area contributed by atoms with Crippen molar-refractivity contribution in [1.82, 2.24) is 9.59 Å². The molecule has 1 aromatic carbocycles. The van der Waals surface area contributed by atoms with E-state index in [1.54, 1.807) is 12.1 Å². The molecule has 0 fully saturated rings. The summed E-state index contributed by atoms with van der Waals surface area (Å²) >= 11 is 1.29. The zero-order valence-electron chi connectivity index (χ0n) is 10.9. The summed E-state index contributed by atoms with van der Waals surface area (Å²) in [5.41, 5.74) is 0.778. The summed E-state index contributed by atoms with van der Waals surface area (Å²) in [4.78, 5) is 10.1. The van der Waals surface area contributed by atoms with Crippen molar-refractivity contribution >= 4 is 22.2 Å². The summed E-state index contributed by atoms with van der Waals surface area (Å²) in [6, 6.07) is 5.95. The molecule has 0 aliphatic rings. The minimum absolute atomic E-state index is 0.0398. The number of hydrogen-bond acceptors (Lipinski definition) is 7. The Balaban J connectivity index is 1.94. The second-order valence-electron chi connectivity index (χ2n) is 4.02. The fourth-order valence-electron chi connectivity index (χ4n) is 1.49. The largest absolute Gasteiger partial charge is 0.487 e. The van der Waals surface area contributed by atoms with Gasteiger partial charge in [-0.15, -0.1) is 5.10 Å². The molecule has 0 bridgehead atoms. The minimum Gasteiger partial charge on any atom is -0.487 e. The van der Waals surface area contributed by atoms with Crippen LogP contribution in [-0.4, -0.2) is 21.1 Å². The average molecular weight is 294 g/mol. The third-order valence-corrected chi connectivity index (χ3v) is 3.24. The summed E-state index contributed by atoms with van der Waals surface area (Å²) in [5.74, 6) is 0.560. The number of hydrogen-bond donors (Lipinski definition) is 1. The van der Waals surface area contributed by atoms with E-state index in [0.717, 1.165) is 23.7 Å². The van der Waals surface area contributed by atoms with Crippen molar-refractivity contribution in [3.05, 3.63) is 40.1 Å². The molecule has 7 nitrogen and oxygen atoms in total. The van der Waals surface area contributed by atoms with E-state index in [2.05, 4.69) is 21.8 Å². The summed E-state index contributed by atoms with van der Waals surface area (Å²) in [7, 11) is 0. The van der Waals surface area contributed by atoms with E-state index < -0.39 is 4.92 Å². The van der Waals surface area contributed by atoms with Crippen LogP contribution >= 0.6 is 11.5 Å². The molecule has 0 saturated heterocycles. The molecule has 0 radical (unpaired) electrons. The van der Waals surface area contributed by atoms with Gasteiger partial charge in [-0.05, 0) is 18.6 Å². The zero-order chi connectivity index (χ0) is 14.4. The van der Waals surface area contributed by atoms with Crippen molar-refractivity contribution in [2.45, 2.75) is 20.0 Å². The topological polar surface area (TPSA) is 90.2 Å². The minimum atomic E-state index is -0.444. The van der Waals surface area contributed by atoms with E-state index >= 15 is 0 Å². The van der Waals surface area contributed by atoms with Crippen LogP contribution in [0.1, 0.15) is 19.0 Å². The fraction of sp³-hybridized carbons (Fsp3) is 0.333. The summed E-state index contributed by atoms with van der Waals surface area (Å²) in [6.45, 7) is 3.21. The second kappa shape index (κ2) is 6.80. The molecule has 2 rings (SSSR count). The lowest BCUT2D eigenvalue weighted by Crippen LogP contribution is -2.03. The maximum atomic E-state index is 10.5. The van der Waals surface area contributed by atoms with Crippen LogP contribution < -0.4 is 10.1 Å². The Hall–Kier alpha value is -2.22. The molecule has 1 aromatic heterocycles. The highest BCUT2D eigenvalue weighted by molar-refractivity contribution is 7.10. The average Bonchev–Trinajstić information content (AvgIpc) is 2.90. The van der Waals surface area contributed by atoms with Crippen LogP contribution in [-0.2, 0) is 6.61 Å². The Morgan fingerprint density at radius 2 is 2.15 bits per heavy atom. The van der Waals surface area contributed by atoms with E-state index in [1.165, 1.54) is 23.7 Å². The van der Waals surface area contributed by atoms with Gasteiger partial charge in [0.25, 0.3) is 5.69 Å². The van der Waals surface area contributed by atoms with Gasteiger partial charge < -0.3 is 10.1 Å². The van der Waals surface area contributed by atoms with Crippen LogP contribution in [0.25, 0.3) is 0 Å². The lowest BCUT2D eigenvalue weighted by molar-refractivity contribution is -0.384. The number of nitrogens with zero attached hydrogens (tertiary/aromatic N) is 3. The van der Waals surface area contributed by atoms with Crippen LogP contribution in [0, 0.1) is 10.1 Å². The molecular weight excluding hydrogens is 280 g/mol. The number of nitrogens with one attached hydrogen (secondary N) is 1. The highest BCUT2D eigenvalue weighted by atomic mass is 32.1. The van der Waals surface area contributed by atoms with E-state index in [9.17, 15) is 10.1 Å². The van der Waals surface area contributed by atoms with E-state index in [4.69, 9.17) is 4.74 Å². The SMILES string of the molecule is CCCNc1snnc1COc1ccc([N+](=O)[O-])cc1. The smallest absolute Gasteiger partial charge is 0.269 e. The van der Waals surface area contributed by atoms with E-state index in [0.29, 0.717) is 5.75 Å². The molecule has 0 spiro atoms. The molecule has 0 atom stereocenters. The predicted molar refractivity (Wildman–Crippen MR) is 76.1 cm³/mol. The normalized spacial score (nSPS) is 10.2. The Morgan fingerprint density at radius 1 is 1.40 bits per heavy atom. The van der Waals surface area contributed by atoms with Gasteiger partial charge in [-0.1, -0.05) is 11.4 Å². The Kier molecular flexibility index (Phi) is 4.83. The fourth-order valence-corrected chi connectivity index (χ4v) is 2.08. The van der Waals surface area contributed by atoms with Gasteiger partial charge in [-0.2, -0.15) is 0 Å². The third kappa shape index (κ3) is 3.64. The van der Waals surface area contributed by atoms with Crippen molar-refractivity contribution in [2.75, 3.05) is 11.9 Å². The lowest BCUT2D eigenvalue weighted by atomic mass is 10.3. The van der Waals surface area contributed by atoms with Gasteiger partial charge >= 0.3 is 0 Å². The van der Waals surface area contributed by atoms with Crippen LogP contribution in [0.5, 0.6) is 5.75 Å². The molecule has 1 N–H and O–H groups in total. The standard InChI is InChI=1S/C12H14N4O3S/c1-2-7-13-12-11(14-15-20-12)8-19-10-5-3-9(4-6-10)16(17)18/h3-6,13H,2,7-8H2,1H3. The Bertz CT molecular complexity index is 570. The van der Waals surface area contributed by atoms with Gasteiger partial charge in [0, 0.05) is 30.2 Å². The van der Waals surface area contributed by atoms with E-state index in [1.807, 2.05) is 0 Å².